The molecule has 6 nitrogen and oxygen atoms in total. The molecule has 1 saturated carbocycles. The summed E-state index contributed by atoms with van der Waals surface area (Å²) >= 11 is 1.57. The Labute approximate surface area is 188 Å². The Morgan fingerprint density at radius 1 is 1.19 bits per heavy atom. The van der Waals surface area contributed by atoms with Gasteiger partial charge in [0.15, 0.2) is 0 Å². The number of nitrogens with zero attached hydrogens (tertiary/aromatic N) is 1. The molecule has 2 amide bonds. The molecule has 1 aromatic carbocycles. The lowest BCUT2D eigenvalue weighted by atomic mass is 9.84. The lowest BCUT2D eigenvalue weighted by Crippen LogP contribution is -2.53. The van der Waals surface area contributed by atoms with Crippen LogP contribution in [0, 0.1) is 5.92 Å². The zero-order chi connectivity index (χ0) is 22.4. The number of carbonyl (C=O) groups excluding carboxylic acids is 2. The molecule has 1 aliphatic rings. The lowest BCUT2D eigenvalue weighted by Gasteiger charge is -2.31. The van der Waals surface area contributed by atoms with Gasteiger partial charge in [0.2, 0.25) is 11.8 Å². The van der Waals surface area contributed by atoms with Gasteiger partial charge < -0.3 is 15.7 Å². The van der Waals surface area contributed by atoms with E-state index in [1.165, 1.54) is 12.0 Å². The standard InChI is InChI=1S/C24H35N3O3S/c1-4-22(29)25-19(24(30)27-20(14-28)16-8-6-5-7-9-16)13-23-26-18-11-10-17(15(2)3)12-21(18)31-23/h10-12,15-16,19-20,28H,4-9,13-14H2,1-3H3,(H,25,29)(H,27,30). The number of fused-ring (bicyclic) bond motifs is 1. The van der Waals surface area contributed by atoms with Crippen LogP contribution in [0.4, 0.5) is 0 Å². The van der Waals surface area contributed by atoms with Crippen LogP contribution in [0.15, 0.2) is 18.2 Å². The number of carbonyl (C=O) groups is 2. The van der Waals surface area contributed by atoms with Crippen molar-refractivity contribution in [2.24, 2.45) is 5.92 Å². The molecular weight excluding hydrogens is 410 g/mol. The van der Waals surface area contributed by atoms with Crippen LogP contribution >= 0.6 is 11.3 Å². The van der Waals surface area contributed by atoms with Crippen LogP contribution in [0.3, 0.4) is 0 Å². The molecule has 1 aliphatic carbocycles. The van der Waals surface area contributed by atoms with Crippen LogP contribution in [0.5, 0.6) is 0 Å². The second-order valence-electron chi connectivity index (χ2n) is 8.86. The van der Waals surface area contributed by atoms with Gasteiger partial charge in [0, 0.05) is 12.8 Å². The first-order chi connectivity index (χ1) is 14.9. The second-order valence-corrected chi connectivity index (χ2v) is 9.98. The number of aliphatic hydroxyl groups is 1. The van der Waals surface area contributed by atoms with Crippen LogP contribution in [-0.2, 0) is 16.0 Å². The summed E-state index contributed by atoms with van der Waals surface area (Å²) in [7, 11) is 0. The number of thiazole rings is 1. The van der Waals surface area contributed by atoms with Gasteiger partial charge in [0.25, 0.3) is 0 Å². The smallest absolute Gasteiger partial charge is 0.243 e. The van der Waals surface area contributed by atoms with Crippen molar-refractivity contribution in [2.45, 2.75) is 83.7 Å². The number of hydrogen-bond donors (Lipinski definition) is 3. The van der Waals surface area contributed by atoms with E-state index in [-0.39, 0.29) is 24.5 Å². The summed E-state index contributed by atoms with van der Waals surface area (Å²) in [6.07, 6.45) is 6.19. The monoisotopic (exact) mass is 445 g/mol. The number of aromatic nitrogens is 1. The number of aliphatic hydroxyl groups excluding tert-OH is 1. The fourth-order valence-corrected chi connectivity index (χ4v) is 5.31. The molecule has 170 valence electrons. The third kappa shape index (κ3) is 6.26. The Hall–Kier alpha value is -1.99. The van der Waals surface area contributed by atoms with Crippen molar-refractivity contribution < 1.29 is 14.7 Å². The first-order valence-corrected chi connectivity index (χ1v) is 12.3. The molecule has 0 saturated heterocycles. The molecule has 1 fully saturated rings. The van der Waals surface area contributed by atoms with E-state index in [0.717, 1.165) is 40.9 Å². The first kappa shape index (κ1) is 23.7. The van der Waals surface area contributed by atoms with Crippen LogP contribution in [0.25, 0.3) is 10.2 Å². The third-order valence-electron chi connectivity index (χ3n) is 6.22. The van der Waals surface area contributed by atoms with Crippen LogP contribution in [0.1, 0.15) is 75.8 Å². The summed E-state index contributed by atoms with van der Waals surface area (Å²) in [4.78, 5) is 29.9. The fraction of sp³-hybridized carbons (Fsp3) is 0.625. The van der Waals surface area contributed by atoms with Crippen molar-refractivity contribution in [1.29, 1.82) is 0 Å². The van der Waals surface area contributed by atoms with E-state index in [0.29, 0.717) is 24.7 Å². The summed E-state index contributed by atoms with van der Waals surface area (Å²) in [6, 6.07) is 5.31. The van der Waals surface area contributed by atoms with Crippen molar-refractivity contribution in [3.8, 4) is 0 Å². The highest BCUT2D eigenvalue weighted by atomic mass is 32.1. The predicted octanol–water partition coefficient (Wildman–Crippen LogP) is 3.91. The minimum atomic E-state index is -0.699. The molecule has 2 unspecified atom stereocenters. The average Bonchev–Trinajstić information content (AvgIpc) is 3.18. The number of amides is 2. The maximum atomic E-state index is 13.1. The molecule has 3 rings (SSSR count). The van der Waals surface area contributed by atoms with Gasteiger partial charge in [-0.2, -0.15) is 0 Å². The van der Waals surface area contributed by atoms with Crippen molar-refractivity contribution in [2.75, 3.05) is 6.61 Å². The molecule has 7 heteroatoms. The van der Waals surface area contributed by atoms with Crippen molar-refractivity contribution in [3.63, 3.8) is 0 Å². The van der Waals surface area contributed by atoms with E-state index in [1.54, 1.807) is 18.3 Å². The molecule has 0 spiro atoms. The van der Waals surface area contributed by atoms with Crippen LogP contribution in [-0.4, -0.2) is 40.6 Å². The molecule has 0 radical (unpaired) electrons. The van der Waals surface area contributed by atoms with Gasteiger partial charge in [0.1, 0.15) is 6.04 Å². The number of benzene rings is 1. The van der Waals surface area contributed by atoms with Gasteiger partial charge in [-0.15, -0.1) is 11.3 Å². The lowest BCUT2D eigenvalue weighted by molar-refractivity contribution is -0.129. The summed E-state index contributed by atoms with van der Waals surface area (Å²) < 4.78 is 1.10. The largest absolute Gasteiger partial charge is 0.394 e. The molecule has 0 aliphatic heterocycles. The molecule has 2 aromatic rings. The normalized spacial score (nSPS) is 16.9. The summed E-state index contributed by atoms with van der Waals surface area (Å²) in [5.41, 5.74) is 2.18. The van der Waals surface area contributed by atoms with E-state index in [1.807, 2.05) is 6.07 Å². The van der Waals surface area contributed by atoms with Crippen molar-refractivity contribution in [1.82, 2.24) is 15.6 Å². The summed E-state index contributed by atoms with van der Waals surface area (Å²) in [5.74, 6) is 0.324. The quantitative estimate of drug-likeness (QED) is 0.546. The number of nitrogens with one attached hydrogen (secondary N) is 2. The minimum Gasteiger partial charge on any atom is -0.394 e. The molecule has 0 bridgehead atoms. The highest BCUT2D eigenvalue weighted by Crippen LogP contribution is 2.28. The van der Waals surface area contributed by atoms with Crippen LogP contribution in [0.2, 0.25) is 0 Å². The van der Waals surface area contributed by atoms with Gasteiger partial charge in [-0.25, -0.2) is 4.98 Å². The zero-order valence-corrected chi connectivity index (χ0v) is 19.6. The highest BCUT2D eigenvalue weighted by Gasteiger charge is 2.29. The Balaban J connectivity index is 1.75. The van der Waals surface area contributed by atoms with Gasteiger partial charge in [-0.1, -0.05) is 46.1 Å². The Kier molecular flexibility index (Phi) is 8.43. The number of hydrogen-bond acceptors (Lipinski definition) is 5. The zero-order valence-electron chi connectivity index (χ0n) is 18.8. The van der Waals surface area contributed by atoms with E-state index < -0.39 is 6.04 Å². The number of rotatable bonds is 9. The third-order valence-corrected chi connectivity index (χ3v) is 7.26. The van der Waals surface area contributed by atoms with E-state index in [2.05, 4.69) is 36.6 Å². The Morgan fingerprint density at radius 2 is 1.94 bits per heavy atom. The van der Waals surface area contributed by atoms with E-state index >= 15 is 0 Å². The topological polar surface area (TPSA) is 91.3 Å². The first-order valence-electron chi connectivity index (χ1n) is 11.5. The Bertz CT molecular complexity index is 889. The van der Waals surface area contributed by atoms with Gasteiger partial charge in [0.05, 0.1) is 27.9 Å². The van der Waals surface area contributed by atoms with Crippen molar-refractivity contribution in [3.05, 3.63) is 28.8 Å². The molecule has 2 atom stereocenters. The average molecular weight is 446 g/mol. The maximum Gasteiger partial charge on any atom is 0.243 e. The molecule has 1 aromatic heterocycles. The second kappa shape index (κ2) is 11.0. The summed E-state index contributed by atoms with van der Waals surface area (Å²) in [5, 5.41) is 16.6. The van der Waals surface area contributed by atoms with E-state index in [9.17, 15) is 14.7 Å². The highest BCUT2D eigenvalue weighted by molar-refractivity contribution is 7.18. The fourth-order valence-electron chi connectivity index (χ4n) is 4.25. The maximum absolute atomic E-state index is 13.1. The SMILES string of the molecule is CCC(=O)NC(Cc1nc2ccc(C(C)C)cc2s1)C(=O)NC(CO)C1CCCCC1. The molecular formula is C24H35N3O3S. The predicted molar refractivity (Wildman–Crippen MR) is 125 cm³/mol. The van der Waals surface area contributed by atoms with Gasteiger partial charge in [-0.3, -0.25) is 9.59 Å². The van der Waals surface area contributed by atoms with E-state index in [4.69, 9.17) is 4.98 Å². The molecule has 3 N–H and O–H groups in total. The summed E-state index contributed by atoms with van der Waals surface area (Å²) in [6.45, 7) is 6.01. The molecule has 1 heterocycles. The van der Waals surface area contributed by atoms with Gasteiger partial charge >= 0.3 is 0 Å². The minimum absolute atomic E-state index is 0.0794. The van der Waals surface area contributed by atoms with Crippen molar-refractivity contribution >= 4 is 33.4 Å². The Morgan fingerprint density at radius 3 is 2.58 bits per heavy atom. The van der Waals surface area contributed by atoms with Gasteiger partial charge in [-0.05, 0) is 42.4 Å². The molecule has 31 heavy (non-hydrogen) atoms. The van der Waals surface area contributed by atoms with Crippen LogP contribution < -0.4 is 10.6 Å².